The second-order valence-corrected chi connectivity index (χ2v) is 9.31. The first-order chi connectivity index (χ1) is 17.5. The van der Waals surface area contributed by atoms with Crippen molar-refractivity contribution < 1.29 is 0 Å². The van der Waals surface area contributed by atoms with E-state index in [0.717, 1.165) is 57.0 Å². The number of aryl methyl sites for hydroxylation is 1. The predicted molar refractivity (Wildman–Crippen MR) is 140 cm³/mol. The summed E-state index contributed by atoms with van der Waals surface area (Å²) in [4.78, 5) is 23.9. The average Bonchev–Trinajstić information content (AvgIpc) is 3.44. The van der Waals surface area contributed by atoms with Crippen molar-refractivity contribution in [2.75, 3.05) is 14.1 Å². The monoisotopic (exact) mass is 477 g/mol. The van der Waals surface area contributed by atoms with Crippen LogP contribution in [0.5, 0.6) is 0 Å². The van der Waals surface area contributed by atoms with Gasteiger partial charge in [0.2, 0.25) is 0 Å². The Morgan fingerprint density at radius 2 is 1.92 bits per heavy atom. The number of nitrogens with one attached hydrogen (secondary N) is 3. The lowest BCUT2D eigenvalue weighted by Crippen LogP contribution is -2.24. The van der Waals surface area contributed by atoms with Crippen molar-refractivity contribution in [3.8, 4) is 16.8 Å². The molecule has 1 aliphatic rings. The summed E-state index contributed by atoms with van der Waals surface area (Å²) in [5.74, 6) is 0.769. The van der Waals surface area contributed by atoms with Crippen molar-refractivity contribution in [2.24, 2.45) is 0 Å². The molecule has 0 spiro atoms. The van der Waals surface area contributed by atoms with Gasteiger partial charge in [-0.05, 0) is 55.4 Å². The second kappa shape index (κ2) is 9.03. The molecule has 0 amide bonds. The molecule has 4 aromatic heterocycles. The highest BCUT2D eigenvalue weighted by molar-refractivity contribution is 5.89. The summed E-state index contributed by atoms with van der Waals surface area (Å²) in [5, 5.41) is 0. The zero-order valence-corrected chi connectivity index (χ0v) is 20.4. The van der Waals surface area contributed by atoms with Gasteiger partial charge in [0, 0.05) is 49.0 Å². The van der Waals surface area contributed by atoms with Crippen LogP contribution in [-0.4, -0.2) is 48.5 Å². The Bertz CT molecular complexity index is 1590. The summed E-state index contributed by atoms with van der Waals surface area (Å²) in [5.41, 5.74) is 16.6. The maximum Gasteiger partial charge on any atom is 0.140 e. The quantitative estimate of drug-likeness (QED) is 0.356. The number of aromatic nitrogens is 6. The van der Waals surface area contributed by atoms with E-state index in [-0.39, 0.29) is 0 Å². The molecule has 6 rings (SSSR count). The predicted octanol–water partition coefficient (Wildman–Crippen LogP) is 3.57. The van der Waals surface area contributed by atoms with Crippen LogP contribution in [0.15, 0.2) is 67.8 Å². The van der Waals surface area contributed by atoms with Crippen LogP contribution in [0.25, 0.3) is 33.4 Å². The van der Waals surface area contributed by atoms with E-state index in [0.29, 0.717) is 6.54 Å². The number of hydrogen-bond acceptors (Lipinski definition) is 7. The van der Waals surface area contributed by atoms with Crippen LogP contribution >= 0.6 is 0 Å². The van der Waals surface area contributed by atoms with Gasteiger partial charge in [0.1, 0.15) is 11.3 Å². The number of hydrazine groups is 1. The minimum Gasteiger partial charge on any atom is -0.337 e. The van der Waals surface area contributed by atoms with Crippen molar-refractivity contribution in [3.63, 3.8) is 0 Å². The molecule has 36 heavy (non-hydrogen) atoms. The van der Waals surface area contributed by atoms with Crippen molar-refractivity contribution in [3.05, 3.63) is 96.0 Å². The molecular formula is C27H27N9. The van der Waals surface area contributed by atoms with Crippen molar-refractivity contribution in [1.82, 2.24) is 45.2 Å². The molecule has 0 atom stereocenters. The molecule has 9 heteroatoms. The number of imidazole rings is 2. The zero-order chi connectivity index (χ0) is 24.6. The molecule has 0 unspecified atom stereocenters. The van der Waals surface area contributed by atoms with Crippen LogP contribution in [0, 0.1) is 6.92 Å². The molecule has 0 fully saturated rings. The van der Waals surface area contributed by atoms with Crippen LogP contribution in [0.1, 0.15) is 28.2 Å². The van der Waals surface area contributed by atoms with E-state index in [1.54, 1.807) is 12.5 Å². The first kappa shape index (κ1) is 22.1. The standard InChI is InChI=1S/C27H27N9/c1-17-14-36(16-30-17)25-13-29-12-24-26(25)34-27(33-24)23-11-32-31-10-20-5-4-19(7-22(20)23)21-6-18(8-28-9-21)15-35(2)3/h4-9,11-14,16,31-32H,10,15H2,1-3H3,(H,33,34). The number of rotatable bonds is 5. The molecular weight excluding hydrogens is 450 g/mol. The number of hydrogen-bond donors (Lipinski definition) is 3. The maximum atomic E-state index is 5.01. The van der Waals surface area contributed by atoms with Gasteiger partial charge in [0.15, 0.2) is 0 Å². The van der Waals surface area contributed by atoms with Gasteiger partial charge < -0.3 is 19.9 Å². The van der Waals surface area contributed by atoms with E-state index in [2.05, 4.69) is 74.0 Å². The molecule has 0 aliphatic carbocycles. The molecule has 180 valence electrons. The molecule has 0 radical (unpaired) electrons. The summed E-state index contributed by atoms with van der Waals surface area (Å²) in [6.45, 7) is 3.50. The Morgan fingerprint density at radius 1 is 1.03 bits per heavy atom. The van der Waals surface area contributed by atoms with Crippen molar-refractivity contribution in [2.45, 2.75) is 20.0 Å². The minimum atomic E-state index is 0.690. The largest absolute Gasteiger partial charge is 0.337 e. The topological polar surface area (TPSA) is 99.6 Å². The molecule has 1 aromatic carbocycles. The maximum absolute atomic E-state index is 5.01. The van der Waals surface area contributed by atoms with E-state index in [1.165, 1.54) is 11.1 Å². The van der Waals surface area contributed by atoms with Gasteiger partial charge in [-0.2, -0.15) is 0 Å². The number of benzene rings is 1. The van der Waals surface area contributed by atoms with Crippen LogP contribution < -0.4 is 10.9 Å². The van der Waals surface area contributed by atoms with Crippen LogP contribution in [-0.2, 0) is 13.1 Å². The molecule has 1 aliphatic heterocycles. The third kappa shape index (κ3) is 4.15. The number of nitrogens with zero attached hydrogens (tertiary/aromatic N) is 6. The molecule has 9 nitrogen and oxygen atoms in total. The van der Waals surface area contributed by atoms with E-state index in [1.807, 2.05) is 42.5 Å². The Morgan fingerprint density at radius 3 is 2.75 bits per heavy atom. The highest BCUT2D eigenvalue weighted by Crippen LogP contribution is 2.32. The minimum absolute atomic E-state index is 0.690. The highest BCUT2D eigenvalue weighted by atomic mass is 15.3. The lowest BCUT2D eigenvalue weighted by Gasteiger charge is -2.13. The summed E-state index contributed by atoms with van der Waals surface area (Å²) in [6.07, 6.45) is 13.2. The molecule has 0 saturated carbocycles. The van der Waals surface area contributed by atoms with Gasteiger partial charge in [0.05, 0.1) is 35.6 Å². The Kier molecular flexibility index (Phi) is 5.55. The lowest BCUT2D eigenvalue weighted by molar-refractivity contribution is 0.402. The van der Waals surface area contributed by atoms with E-state index in [9.17, 15) is 0 Å². The smallest absolute Gasteiger partial charge is 0.140 e. The normalized spacial score (nSPS) is 13.4. The lowest BCUT2D eigenvalue weighted by atomic mass is 9.94. The van der Waals surface area contributed by atoms with Gasteiger partial charge >= 0.3 is 0 Å². The van der Waals surface area contributed by atoms with Gasteiger partial charge in [-0.1, -0.05) is 12.1 Å². The number of pyridine rings is 2. The van der Waals surface area contributed by atoms with E-state index in [4.69, 9.17) is 4.98 Å². The Labute approximate surface area is 208 Å². The number of H-pyrrole nitrogens is 1. The molecule has 3 N–H and O–H groups in total. The third-order valence-electron chi connectivity index (χ3n) is 6.24. The molecule has 5 heterocycles. The SMILES string of the molecule is Cc1cn(-c2cncc3[nH]c(C4=CNNCc5ccc(-c6cncc(CN(C)C)c6)cc54)nc23)cn1. The Balaban J connectivity index is 1.44. The fourth-order valence-electron chi connectivity index (χ4n) is 4.59. The third-order valence-corrected chi connectivity index (χ3v) is 6.24. The fourth-order valence-corrected chi connectivity index (χ4v) is 4.59. The van der Waals surface area contributed by atoms with Gasteiger partial charge in [-0.25, -0.2) is 15.4 Å². The fraction of sp³-hybridized carbons (Fsp3) is 0.185. The number of aromatic amines is 1. The summed E-state index contributed by atoms with van der Waals surface area (Å²) in [6, 6.07) is 8.75. The van der Waals surface area contributed by atoms with E-state index < -0.39 is 0 Å². The second-order valence-electron chi connectivity index (χ2n) is 9.31. The van der Waals surface area contributed by atoms with Crippen molar-refractivity contribution >= 4 is 16.6 Å². The zero-order valence-electron chi connectivity index (χ0n) is 20.4. The van der Waals surface area contributed by atoms with Crippen molar-refractivity contribution in [1.29, 1.82) is 0 Å². The van der Waals surface area contributed by atoms with Gasteiger partial charge in [-0.15, -0.1) is 0 Å². The van der Waals surface area contributed by atoms with Crippen LogP contribution in [0.4, 0.5) is 0 Å². The van der Waals surface area contributed by atoms with Gasteiger partial charge in [-0.3, -0.25) is 9.97 Å². The summed E-state index contributed by atoms with van der Waals surface area (Å²) < 4.78 is 1.95. The van der Waals surface area contributed by atoms with Crippen LogP contribution in [0.2, 0.25) is 0 Å². The summed E-state index contributed by atoms with van der Waals surface area (Å²) >= 11 is 0. The summed E-state index contributed by atoms with van der Waals surface area (Å²) in [7, 11) is 4.13. The van der Waals surface area contributed by atoms with Gasteiger partial charge in [0.25, 0.3) is 0 Å². The first-order valence-electron chi connectivity index (χ1n) is 11.8. The molecule has 5 aromatic rings. The molecule has 0 bridgehead atoms. The number of fused-ring (bicyclic) bond motifs is 2. The van der Waals surface area contributed by atoms with Crippen LogP contribution in [0.3, 0.4) is 0 Å². The average molecular weight is 478 g/mol. The highest BCUT2D eigenvalue weighted by Gasteiger charge is 2.19. The Hall–Kier alpha value is -4.34. The molecule has 0 saturated heterocycles. The van der Waals surface area contributed by atoms with E-state index >= 15 is 0 Å². The first-order valence-corrected chi connectivity index (χ1v) is 11.8.